The van der Waals surface area contributed by atoms with E-state index in [1.807, 2.05) is 44.2 Å². The first-order chi connectivity index (χ1) is 8.00. The summed E-state index contributed by atoms with van der Waals surface area (Å²) in [6.45, 7) is 3.81. The molecule has 1 fully saturated rings. The van der Waals surface area contributed by atoms with Gasteiger partial charge in [-0.05, 0) is 18.1 Å². The molecule has 17 heavy (non-hydrogen) atoms. The van der Waals surface area contributed by atoms with Gasteiger partial charge in [-0.3, -0.25) is 9.59 Å². The molecule has 88 valence electrons. The van der Waals surface area contributed by atoms with E-state index < -0.39 is 5.41 Å². The van der Waals surface area contributed by atoms with E-state index in [2.05, 4.69) is 0 Å². The zero-order valence-electron chi connectivity index (χ0n) is 10.2. The zero-order valence-corrected chi connectivity index (χ0v) is 10.2. The third kappa shape index (κ3) is 2.36. The maximum absolute atomic E-state index is 12.2. The quantitative estimate of drug-likeness (QED) is 0.547. The van der Waals surface area contributed by atoms with Crippen molar-refractivity contribution >= 4 is 17.6 Å². The number of ketones is 2. The number of Topliss-reactive ketones (excluding diaryl/α,β-unsaturated/α-hetero) is 2. The van der Waals surface area contributed by atoms with Crippen LogP contribution in [0.3, 0.4) is 0 Å². The smallest absolute Gasteiger partial charge is 0.172 e. The van der Waals surface area contributed by atoms with Crippen molar-refractivity contribution in [2.75, 3.05) is 0 Å². The van der Waals surface area contributed by atoms with Gasteiger partial charge in [0, 0.05) is 11.8 Å². The summed E-state index contributed by atoms with van der Waals surface area (Å²) >= 11 is 0. The lowest BCUT2D eigenvalue weighted by atomic mass is 9.73. The van der Waals surface area contributed by atoms with E-state index in [1.54, 1.807) is 6.08 Å². The molecular weight excluding hydrogens is 212 g/mol. The molecule has 1 aromatic carbocycles. The molecule has 0 aromatic heterocycles. The molecule has 0 aliphatic heterocycles. The Kier molecular flexibility index (Phi) is 2.97. The van der Waals surface area contributed by atoms with Gasteiger partial charge in [0.05, 0.1) is 5.57 Å². The maximum Gasteiger partial charge on any atom is 0.172 e. The normalized spacial score (nSPS) is 21.9. The van der Waals surface area contributed by atoms with Gasteiger partial charge in [-0.2, -0.15) is 0 Å². The molecule has 2 nitrogen and oxygen atoms in total. The first-order valence-corrected chi connectivity index (χ1v) is 5.85. The van der Waals surface area contributed by atoms with Gasteiger partial charge in [0.25, 0.3) is 0 Å². The van der Waals surface area contributed by atoms with E-state index in [0.29, 0.717) is 18.4 Å². The first kappa shape index (κ1) is 11.8. The summed E-state index contributed by atoms with van der Waals surface area (Å²) < 4.78 is 0. The van der Waals surface area contributed by atoms with E-state index in [4.69, 9.17) is 0 Å². The van der Waals surface area contributed by atoms with Gasteiger partial charge >= 0.3 is 0 Å². The van der Waals surface area contributed by atoms with Crippen LogP contribution >= 0.6 is 0 Å². The molecule has 2 rings (SSSR count). The summed E-state index contributed by atoms with van der Waals surface area (Å²) in [6, 6.07) is 9.51. The zero-order chi connectivity index (χ0) is 12.5. The van der Waals surface area contributed by atoms with Crippen molar-refractivity contribution in [3.05, 3.63) is 41.5 Å². The molecule has 2 heteroatoms. The summed E-state index contributed by atoms with van der Waals surface area (Å²) in [7, 11) is 0. The minimum atomic E-state index is -0.408. The van der Waals surface area contributed by atoms with Crippen molar-refractivity contribution in [2.24, 2.45) is 5.41 Å². The molecule has 1 aliphatic rings. The number of rotatable bonds is 1. The molecule has 0 atom stereocenters. The Bertz CT molecular complexity index is 481. The average molecular weight is 228 g/mol. The molecule has 0 radical (unpaired) electrons. The summed E-state index contributed by atoms with van der Waals surface area (Å²) in [5, 5.41) is 0. The lowest BCUT2D eigenvalue weighted by Crippen LogP contribution is -2.34. The van der Waals surface area contributed by atoms with Crippen molar-refractivity contribution in [3.63, 3.8) is 0 Å². The number of allylic oxidation sites excluding steroid dienone is 1. The fourth-order valence-electron chi connectivity index (χ4n) is 2.03. The van der Waals surface area contributed by atoms with Crippen LogP contribution in [-0.4, -0.2) is 11.6 Å². The monoisotopic (exact) mass is 228 g/mol. The van der Waals surface area contributed by atoms with Gasteiger partial charge in [0.1, 0.15) is 0 Å². The predicted molar refractivity (Wildman–Crippen MR) is 67.4 cm³/mol. The standard InChI is InChI=1S/C15H16O2/c1-15(2)9-8-13(16)12(14(15)17)10-11-6-4-3-5-7-11/h3-7,10H,8-9H2,1-2H3/b12-10-. The van der Waals surface area contributed by atoms with Gasteiger partial charge in [0.2, 0.25) is 0 Å². The second-order valence-electron chi connectivity index (χ2n) is 5.10. The fraction of sp³-hybridized carbons (Fsp3) is 0.333. The average Bonchev–Trinajstić information content (AvgIpc) is 2.32. The van der Waals surface area contributed by atoms with Crippen LogP contribution in [0.5, 0.6) is 0 Å². The Balaban J connectivity index is 2.39. The van der Waals surface area contributed by atoms with Crippen LogP contribution in [0.4, 0.5) is 0 Å². The molecule has 0 N–H and O–H groups in total. The molecule has 1 saturated carbocycles. The molecule has 0 spiro atoms. The van der Waals surface area contributed by atoms with Crippen LogP contribution < -0.4 is 0 Å². The van der Waals surface area contributed by atoms with Gasteiger partial charge in [-0.1, -0.05) is 44.2 Å². The number of carbonyl (C=O) groups excluding carboxylic acids is 2. The molecular formula is C15H16O2. The van der Waals surface area contributed by atoms with Gasteiger partial charge in [-0.15, -0.1) is 0 Å². The Hall–Kier alpha value is -1.70. The van der Waals surface area contributed by atoms with Crippen LogP contribution in [-0.2, 0) is 9.59 Å². The lowest BCUT2D eigenvalue weighted by Gasteiger charge is -2.28. The van der Waals surface area contributed by atoms with Crippen LogP contribution in [0.25, 0.3) is 6.08 Å². The molecule has 0 amide bonds. The van der Waals surface area contributed by atoms with Crippen molar-refractivity contribution in [3.8, 4) is 0 Å². The summed E-state index contributed by atoms with van der Waals surface area (Å²) in [5.74, 6) is -0.0595. The molecule has 1 aliphatic carbocycles. The molecule has 1 aromatic rings. The Morgan fingerprint density at radius 2 is 1.76 bits per heavy atom. The Morgan fingerprint density at radius 3 is 2.41 bits per heavy atom. The van der Waals surface area contributed by atoms with Crippen molar-refractivity contribution in [1.29, 1.82) is 0 Å². The first-order valence-electron chi connectivity index (χ1n) is 5.85. The highest BCUT2D eigenvalue weighted by Crippen LogP contribution is 2.33. The van der Waals surface area contributed by atoms with Crippen LogP contribution in [0.15, 0.2) is 35.9 Å². The van der Waals surface area contributed by atoms with E-state index >= 15 is 0 Å². The third-order valence-electron chi connectivity index (χ3n) is 3.25. The van der Waals surface area contributed by atoms with E-state index in [1.165, 1.54) is 0 Å². The predicted octanol–water partition coefficient (Wildman–Crippen LogP) is 3.03. The topological polar surface area (TPSA) is 34.1 Å². The van der Waals surface area contributed by atoms with Crippen LogP contribution in [0.1, 0.15) is 32.3 Å². The summed E-state index contributed by atoms with van der Waals surface area (Å²) in [6.07, 6.45) is 2.83. The summed E-state index contributed by atoms with van der Waals surface area (Å²) in [5.41, 5.74) is 0.850. The highest BCUT2D eigenvalue weighted by Gasteiger charge is 2.37. The SMILES string of the molecule is CC1(C)CCC(=O)/C(=C/c2ccccc2)C1=O. The molecule has 0 unspecified atom stereocenters. The van der Waals surface area contributed by atoms with Crippen LogP contribution in [0.2, 0.25) is 0 Å². The van der Waals surface area contributed by atoms with Crippen LogP contribution in [0, 0.1) is 5.41 Å². The van der Waals surface area contributed by atoms with Gasteiger partial charge in [0.15, 0.2) is 11.6 Å². The minimum absolute atomic E-state index is 0.0295. The highest BCUT2D eigenvalue weighted by molar-refractivity contribution is 6.26. The highest BCUT2D eigenvalue weighted by atomic mass is 16.2. The largest absolute Gasteiger partial charge is 0.294 e. The van der Waals surface area contributed by atoms with E-state index in [9.17, 15) is 9.59 Å². The number of benzene rings is 1. The number of hydrogen-bond acceptors (Lipinski definition) is 2. The fourth-order valence-corrected chi connectivity index (χ4v) is 2.03. The Labute approximate surface area is 101 Å². The second-order valence-corrected chi connectivity index (χ2v) is 5.10. The van der Waals surface area contributed by atoms with E-state index in [-0.39, 0.29) is 11.6 Å². The van der Waals surface area contributed by atoms with Gasteiger partial charge < -0.3 is 0 Å². The number of hydrogen-bond donors (Lipinski definition) is 0. The molecule has 0 bridgehead atoms. The van der Waals surface area contributed by atoms with Crippen molar-refractivity contribution in [2.45, 2.75) is 26.7 Å². The lowest BCUT2D eigenvalue weighted by molar-refractivity contribution is -0.130. The Morgan fingerprint density at radius 1 is 1.12 bits per heavy atom. The maximum atomic E-state index is 12.2. The summed E-state index contributed by atoms with van der Waals surface area (Å²) in [4.78, 5) is 24.0. The molecule has 0 saturated heterocycles. The van der Waals surface area contributed by atoms with Crippen molar-refractivity contribution < 1.29 is 9.59 Å². The second kappa shape index (κ2) is 4.28. The molecule has 0 heterocycles. The third-order valence-corrected chi connectivity index (χ3v) is 3.25. The van der Waals surface area contributed by atoms with Gasteiger partial charge in [-0.25, -0.2) is 0 Å². The minimum Gasteiger partial charge on any atom is -0.294 e. The van der Waals surface area contributed by atoms with Crippen molar-refractivity contribution in [1.82, 2.24) is 0 Å². The number of carbonyl (C=O) groups is 2. The van der Waals surface area contributed by atoms with E-state index in [0.717, 1.165) is 5.56 Å².